The van der Waals surface area contributed by atoms with Crippen molar-refractivity contribution in [2.45, 2.75) is 45.8 Å². The highest BCUT2D eigenvalue weighted by Gasteiger charge is 2.27. The fraction of sp³-hybridized carbons (Fsp3) is 0.391. The van der Waals surface area contributed by atoms with Gasteiger partial charge in [-0.05, 0) is 50.1 Å². The van der Waals surface area contributed by atoms with Crippen molar-refractivity contribution in [3.63, 3.8) is 0 Å². The zero-order chi connectivity index (χ0) is 22.1. The third-order valence-electron chi connectivity index (χ3n) is 4.87. The Morgan fingerprint density at radius 3 is 2.37 bits per heavy atom. The second-order valence-corrected chi connectivity index (χ2v) is 7.49. The Morgan fingerprint density at radius 1 is 1.10 bits per heavy atom. The monoisotopic (exact) mass is 432 g/mol. The Labute approximate surface area is 183 Å². The molecule has 2 aromatic rings. The number of methoxy groups -OCH3 is 1. The summed E-state index contributed by atoms with van der Waals surface area (Å²) in [6.07, 6.45) is 0.806. The summed E-state index contributed by atoms with van der Waals surface area (Å²) in [5, 5.41) is 3.36. The molecule has 0 spiro atoms. The highest BCUT2D eigenvalue weighted by Crippen LogP contribution is 2.23. The van der Waals surface area contributed by atoms with Crippen molar-refractivity contribution in [1.82, 2.24) is 10.2 Å². The molecular weight excluding hydrogens is 404 g/mol. The standard InChI is InChI=1S/C23H29ClN2O4/c1-5-16(2)25-23(28)17(3)26(14-18-10-12-19(29-4)13-11-18)22(27)15-30-21-9-7-6-8-20(21)24/h6-13,16-17H,5,14-15H2,1-4H3,(H,25,28)/t16-,17-/m1/s1. The Balaban J connectivity index is 2.16. The SMILES string of the molecule is CC[C@@H](C)NC(=O)[C@@H](C)N(Cc1ccc(OC)cc1)C(=O)COc1ccccc1Cl. The van der Waals surface area contributed by atoms with Gasteiger partial charge in [-0.1, -0.05) is 42.8 Å². The van der Waals surface area contributed by atoms with E-state index >= 15 is 0 Å². The first-order valence-corrected chi connectivity index (χ1v) is 10.3. The molecule has 0 fully saturated rings. The smallest absolute Gasteiger partial charge is 0.261 e. The number of nitrogens with one attached hydrogen (secondary N) is 1. The van der Waals surface area contributed by atoms with Crippen molar-refractivity contribution < 1.29 is 19.1 Å². The summed E-state index contributed by atoms with van der Waals surface area (Å²) in [7, 11) is 1.60. The first-order valence-electron chi connectivity index (χ1n) is 9.95. The van der Waals surface area contributed by atoms with Crippen LogP contribution in [0.3, 0.4) is 0 Å². The summed E-state index contributed by atoms with van der Waals surface area (Å²) in [5.41, 5.74) is 0.880. The molecule has 6 nitrogen and oxygen atoms in total. The van der Waals surface area contributed by atoms with Gasteiger partial charge in [0.1, 0.15) is 17.5 Å². The minimum atomic E-state index is -0.663. The van der Waals surface area contributed by atoms with Gasteiger partial charge < -0.3 is 19.7 Å². The molecule has 2 amide bonds. The van der Waals surface area contributed by atoms with Crippen molar-refractivity contribution in [2.24, 2.45) is 0 Å². The van der Waals surface area contributed by atoms with Crippen LogP contribution in [-0.4, -0.2) is 42.5 Å². The van der Waals surface area contributed by atoms with E-state index in [-0.39, 0.29) is 31.0 Å². The molecular formula is C23H29ClN2O4. The Hall–Kier alpha value is -2.73. The number of hydrogen-bond acceptors (Lipinski definition) is 4. The summed E-state index contributed by atoms with van der Waals surface area (Å²) in [4.78, 5) is 27.2. The number of halogens is 1. The summed E-state index contributed by atoms with van der Waals surface area (Å²) in [5.74, 6) is 0.636. The number of rotatable bonds is 10. The number of nitrogens with zero attached hydrogens (tertiary/aromatic N) is 1. The van der Waals surface area contributed by atoms with E-state index in [1.165, 1.54) is 4.90 Å². The van der Waals surface area contributed by atoms with Gasteiger partial charge in [0.15, 0.2) is 6.61 Å². The van der Waals surface area contributed by atoms with E-state index in [0.29, 0.717) is 10.8 Å². The van der Waals surface area contributed by atoms with E-state index < -0.39 is 6.04 Å². The summed E-state index contributed by atoms with van der Waals surface area (Å²) < 4.78 is 10.8. The quantitative estimate of drug-likeness (QED) is 0.614. The van der Waals surface area contributed by atoms with Crippen molar-refractivity contribution in [3.8, 4) is 11.5 Å². The number of carbonyl (C=O) groups is 2. The fourth-order valence-electron chi connectivity index (χ4n) is 2.76. The summed E-state index contributed by atoms with van der Waals surface area (Å²) >= 11 is 6.11. The molecule has 0 unspecified atom stereocenters. The van der Waals surface area contributed by atoms with E-state index in [4.69, 9.17) is 21.1 Å². The highest BCUT2D eigenvalue weighted by molar-refractivity contribution is 6.32. The summed E-state index contributed by atoms with van der Waals surface area (Å²) in [6, 6.07) is 13.7. The summed E-state index contributed by atoms with van der Waals surface area (Å²) in [6.45, 7) is 5.69. The van der Waals surface area contributed by atoms with E-state index in [9.17, 15) is 9.59 Å². The van der Waals surface area contributed by atoms with Crippen LogP contribution >= 0.6 is 11.6 Å². The molecule has 2 atom stereocenters. The lowest BCUT2D eigenvalue weighted by Gasteiger charge is -2.29. The van der Waals surface area contributed by atoms with Crippen molar-refractivity contribution >= 4 is 23.4 Å². The molecule has 162 valence electrons. The topological polar surface area (TPSA) is 67.9 Å². The number of amides is 2. The molecule has 30 heavy (non-hydrogen) atoms. The van der Waals surface area contributed by atoms with E-state index in [1.807, 2.05) is 38.1 Å². The van der Waals surface area contributed by atoms with Gasteiger partial charge >= 0.3 is 0 Å². The van der Waals surface area contributed by atoms with Gasteiger partial charge in [-0.3, -0.25) is 9.59 Å². The van der Waals surface area contributed by atoms with E-state index in [0.717, 1.165) is 17.7 Å². The molecule has 2 aromatic carbocycles. The van der Waals surface area contributed by atoms with Gasteiger partial charge in [-0.25, -0.2) is 0 Å². The molecule has 0 aliphatic heterocycles. The number of carbonyl (C=O) groups excluding carboxylic acids is 2. The maximum absolute atomic E-state index is 13.0. The lowest BCUT2D eigenvalue weighted by Crippen LogP contribution is -2.50. The van der Waals surface area contributed by atoms with E-state index in [2.05, 4.69) is 5.32 Å². The molecule has 0 saturated heterocycles. The lowest BCUT2D eigenvalue weighted by atomic mass is 10.1. The van der Waals surface area contributed by atoms with Crippen LogP contribution in [0, 0.1) is 0 Å². The van der Waals surface area contributed by atoms with Crippen LogP contribution in [0.5, 0.6) is 11.5 Å². The van der Waals surface area contributed by atoms with Gasteiger partial charge in [0.2, 0.25) is 5.91 Å². The van der Waals surface area contributed by atoms with Crippen LogP contribution in [0.2, 0.25) is 5.02 Å². The van der Waals surface area contributed by atoms with Crippen LogP contribution in [-0.2, 0) is 16.1 Å². The number of para-hydroxylation sites is 1. The molecule has 7 heteroatoms. The molecule has 1 N–H and O–H groups in total. The van der Waals surface area contributed by atoms with Crippen LogP contribution in [0.25, 0.3) is 0 Å². The normalized spacial score (nSPS) is 12.6. The first kappa shape index (κ1) is 23.5. The number of ether oxygens (including phenoxy) is 2. The van der Waals surface area contributed by atoms with Crippen molar-refractivity contribution in [3.05, 3.63) is 59.1 Å². The Bertz CT molecular complexity index is 841. The molecule has 0 saturated carbocycles. The average molecular weight is 433 g/mol. The third kappa shape index (κ3) is 6.66. The predicted octanol–water partition coefficient (Wildman–Crippen LogP) is 4.06. The number of benzene rings is 2. The van der Waals surface area contributed by atoms with Crippen molar-refractivity contribution in [1.29, 1.82) is 0 Å². The first-order chi connectivity index (χ1) is 14.3. The minimum absolute atomic E-state index is 0.0252. The average Bonchev–Trinajstić information content (AvgIpc) is 2.76. The van der Waals surface area contributed by atoms with Crippen LogP contribution < -0.4 is 14.8 Å². The van der Waals surface area contributed by atoms with Gasteiger partial charge in [-0.2, -0.15) is 0 Å². The highest BCUT2D eigenvalue weighted by atomic mass is 35.5. The maximum Gasteiger partial charge on any atom is 0.261 e. The van der Waals surface area contributed by atoms with E-state index in [1.54, 1.807) is 38.3 Å². The molecule has 0 heterocycles. The lowest BCUT2D eigenvalue weighted by molar-refractivity contribution is -0.142. The zero-order valence-electron chi connectivity index (χ0n) is 17.9. The molecule has 0 aromatic heterocycles. The van der Waals surface area contributed by atoms with Crippen LogP contribution in [0.4, 0.5) is 0 Å². The van der Waals surface area contributed by atoms with Gasteiger partial charge in [0.25, 0.3) is 5.91 Å². The largest absolute Gasteiger partial charge is 0.497 e. The molecule has 0 aliphatic rings. The second-order valence-electron chi connectivity index (χ2n) is 7.08. The van der Waals surface area contributed by atoms with Gasteiger partial charge in [0, 0.05) is 12.6 Å². The molecule has 0 bridgehead atoms. The van der Waals surface area contributed by atoms with Gasteiger partial charge in [0.05, 0.1) is 12.1 Å². The Kier molecular flexibility index (Phi) is 8.99. The Morgan fingerprint density at radius 2 is 1.77 bits per heavy atom. The molecule has 2 rings (SSSR count). The molecule has 0 radical (unpaired) electrons. The van der Waals surface area contributed by atoms with Crippen LogP contribution in [0.1, 0.15) is 32.8 Å². The predicted molar refractivity (Wildman–Crippen MR) is 118 cm³/mol. The zero-order valence-corrected chi connectivity index (χ0v) is 18.6. The second kappa shape index (κ2) is 11.5. The third-order valence-corrected chi connectivity index (χ3v) is 5.18. The minimum Gasteiger partial charge on any atom is -0.497 e. The number of hydrogen-bond donors (Lipinski definition) is 1. The fourth-order valence-corrected chi connectivity index (χ4v) is 2.95. The van der Waals surface area contributed by atoms with Gasteiger partial charge in [-0.15, -0.1) is 0 Å². The van der Waals surface area contributed by atoms with Crippen LogP contribution in [0.15, 0.2) is 48.5 Å². The van der Waals surface area contributed by atoms with Crippen molar-refractivity contribution in [2.75, 3.05) is 13.7 Å². The molecule has 0 aliphatic carbocycles. The maximum atomic E-state index is 13.0.